The van der Waals surface area contributed by atoms with E-state index in [2.05, 4.69) is 96.9 Å². The van der Waals surface area contributed by atoms with Crippen molar-refractivity contribution in [2.75, 3.05) is 32.4 Å². The Balaban J connectivity index is 1.04. The van der Waals surface area contributed by atoms with E-state index in [0.29, 0.717) is 18.5 Å². The lowest BCUT2D eigenvalue weighted by Crippen LogP contribution is -2.48. The lowest BCUT2D eigenvalue weighted by atomic mass is 9.66. The van der Waals surface area contributed by atoms with Crippen molar-refractivity contribution in [2.24, 2.45) is 45.5 Å². The van der Waals surface area contributed by atoms with Crippen LogP contribution in [0, 0.1) is 35.5 Å². The normalized spacial score (nSPS) is 32.1. The van der Waals surface area contributed by atoms with Crippen LogP contribution in [0.1, 0.15) is 134 Å². The SMILES string of the molecule is CCCCCC1CSC2CCC(C3CCCCC3NC3CCCC(C/N=C(\C/N=C(\CNC)c4ccccc4)c4ccccc4)CC3)C(C)CCC12. The number of nitrogens with zero attached hydrogens (tertiary/aromatic N) is 2. The summed E-state index contributed by atoms with van der Waals surface area (Å²) < 4.78 is 0. The number of rotatable bonds is 15. The Hall–Kier alpha value is -1.95. The molecule has 0 bridgehead atoms. The molecule has 2 aromatic carbocycles. The maximum Gasteiger partial charge on any atom is 0.0817 e. The fourth-order valence-electron chi connectivity index (χ4n) is 10.6. The first-order chi connectivity index (χ1) is 25.6. The molecule has 0 spiro atoms. The number of likely N-dealkylation sites (N-methyl/N-ethyl adjacent to an activating group) is 1. The molecular weight excluding hydrogens is 653 g/mol. The zero-order valence-corrected chi connectivity index (χ0v) is 33.9. The molecule has 9 unspecified atom stereocenters. The van der Waals surface area contributed by atoms with E-state index in [1.54, 1.807) is 0 Å². The summed E-state index contributed by atoms with van der Waals surface area (Å²) in [5.41, 5.74) is 4.61. The first kappa shape index (κ1) is 39.7. The number of hydrogen-bond donors (Lipinski definition) is 2. The van der Waals surface area contributed by atoms with Crippen molar-refractivity contribution >= 4 is 23.2 Å². The lowest BCUT2D eigenvalue weighted by molar-refractivity contribution is 0.102. The predicted molar refractivity (Wildman–Crippen MR) is 227 cm³/mol. The second kappa shape index (κ2) is 21.2. The van der Waals surface area contributed by atoms with Crippen LogP contribution in [0.25, 0.3) is 0 Å². The van der Waals surface area contributed by atoms with Crippen molar-refractivity contribution in [2.45, 2.75) is 140 Å². The Kier molecular flexibility index (Phi) is 16.2. The minimum Gasteiger partial charge on any atom is -0.314 e. The Labute approximate surface area is 322 Å². The highest BCUT2D eigenvalue weighted by molar-refractivity contribution is 8.00. The van der Waals surface area contributed by atoms with Crippen LogP contribution >= 0.6 is 11.8 Å². The van der Waals surface area contributed by atoms with E-state index in [-0.39, 0.29) is 0 Å². The highest BCUT2D eigenvalue weighted by atomic mass is 32.2. The van der Waals surface area contributed by atoms with E-state index in [1.807, 2.05) is 7.05 Å². The fraction of sp³-hybridized carbons (Fsp3) is 0.702. The summed E-state index contributed by atoms with van der Waals surface area (Å²) in [6, 6.07) is 22.8. The largest absolute Gasteiger partial charge is 0.314 e. The van der Waals surface area contributed by atoms with Gasteiger partial charge in [0, 0.05) is 30.4 Å². The topological polar surface area (TPSA) is 48.8 Å². The van der Waals surface area contributed by atoms with Crippen LogP contribution < -0.4 is 10.6 Å². The van der Waals surface area contributed by atoms with Gasteiger partial charge in [-0.25, -0.2) is 0 Å². The van der Waals surface area contributed by atoms with Crippen molar-refractivity contribution in [1.82, 2.24) is 10.6 Å². The molecule has 52 heavy (non-hydrogen) atoms. The third-order valence-electron chi connectivity index (χ3n) is 13.7. The van der Waals surface area contributed by atoms with E-state index >= 15 is 0 Å². The first-order valence-corrected chi connectivity index (χ1v) is 22.9. The molecule has 2 aromatic rings. The summed E-state index contributed by atoms with van der Waals surface area (Å²) in [4.78, 5) is 10.5. The number of fused-ring (bicyclic) bond motifs is 1. The number of unbranched alkanes of at least 4 members (excludes halogenated alkanes) is 2. The van der Waals surface area contributed by atoms with Gasteiger partial charge in [0.15, 0.2) is 0 Å². The summed E-state index contributed by atoms with van der Waals surface area (Å²) in [7, 11) is 2.00. The van der Waals surface area contributed by atoms with E-state index in [1.165, 1.54) is 126 Å². The highest BCUT2D eigenvalue weighted by Crippen LogP contribution is 2.49. The molecule has 1 saturated heterocycles. The molecule has 4 aliphatic rings. The Morgan fingerprint density at radius 2 is 1.46 bits per heavy atom. The highest BCUT2D eigenvalue weighted by Gasteiger charge is 2.42. The van der Waals surface area contributed by atoms with Gasteiger partial charge >= 0.3 is 0 Å². The van der Waals surface area contributed by atoms with Gasteiger partial charge in [0.25, 0.3) is 0 Å². The summed E-state index contributed by atoms with van der Waals surface area (Å²) in [5.74, 6) is 6.82. The van der Waals surface area contributed by atoms with Crippen LogP contribution in [0.2, 0.25) is 0 Å². The quantitative estimate of drug-likeness (QED) is 0.109. The fourth-order valence-corrected chi connectivity index (χ4v) is 12.5. The molecular formula is C47H72N4S. The summed E-state index contributed by atoms with van der Waals surface area (Å²) >= 11 is 2.37. The molecule has 0 radical (unpaired) electrons. The standard InChI is InChI=1S/C47H72N4S/c1-4-5-8-21-39-34-52-47-30-29-41(35(2)25-28-42(39)47)43-23-13-14-24-44(43)51-40-22-15-16-36(26-27-40)31-49-46(38-19-11-7-12-20-38)33-50-45(32-48-3)37-17-9-6-10-18-37/h6-7,9-12,17-20,35-36,39-44,47-48,51H,4-5,8,13-16,21-34H2,1-3H3/b49-46+,50-45+. The lowest BCUT2D eigenvalue weighted by Gasteiger charge is -2.44. The molecule has 0 aromatic heterocycles. The predicted octanol–water partition coefficient (Wildman–Crippen LogP) is 11.0. The zero-order valence-electron chi connectivity index (χ0n) is 33.1. The van der Waals surface area contributed by atoms with Crippen molar-refractivity contribution < 1.29 is 0 Å². The van der Waals surface area contributed by atoms with Gasteiger partial charge in [0.1, 0.15) is 0 Å². The van der Waals surface area contributed by atoms with E-state index in [9.17, 15) is 0 Å². The Bertz CT molecular complexity index is 1360. The Morgan fingerprint density at radius 1 is 0.712 bits per heavy atom. The van der Waals surface area contributed by atoms with Gasteiger partial charge in [0.2, 0.25) is 0 Å². The minimum atomic E-state index is 0.620. The van der Waals surface area contributed by atoms with E-state index < -0.39 is 0 Å². The van der Waals surface area contributed by atoms with E-state index in [0.717, 1.165) is 65.4 Å². The summed E-state index contributed by atoms with van der Waals surface area (Å²) in [6.07, 6.45) is 24.0. The van der Waals surface area contributed by atoms with Gasteiger partial charge in [-0.1, -0.05) is 119 Å². The molecule has 0 amide bonds. The molecule has 9 atom stereocenters. The molecule has 2 N–H and O–H groups in total. The minimum absolute atomic E-state index is 0.620. The van der Waals surface area contributed by atoms with Crippen molar-refractivity contribution in [1.29, 1.82) is 0 Å². The molecule has 3 aliphatic carbocycles. The molecule has 6 rings (SSSR count). The van der Waals surface area contributed by atoms with Crippen molar-refractivity contribution in [3.63, 3.8) is 0 Å². The number of aliphatic imine (C=N–C) groups is 2. The van der Waals surface area contributed by atoms with E-state index in [4.69, 9.17) is 9.98 Å². The van der Waals surface area contributed by atoms with Crippen LogP contribution in [0.5, 0.6) is 0 Å². The van der Waals surface area contributed by atoms with Gasteiger partial charge < -0.3 is 10.6 Å². The Morgan fingerprint density at radius 3 is 2.23 bits per heavy atom. The summed E-state index contributed by atoms with van der Waals surface area (Å²) in [6.45, 7) is 7.30. The molecule has 1 heterocycles. The van der Waals surface area contributed by atoms with Gasteiger partial charge in [-0.05, 0) is 124 Å². The maximum absolute atomic E-state index is 5.34. The molecule has 1 aliphatic heterocycles. The van der Waals surface area contributed by atoms with Gasteiger partial charge in [-0.3, -0.25) is 9.98 Å². The molecule has 286 valence electrons. The molecule has 3 saturated carbocycles. The smallest absolute Gasteiger partial charge is 0.0817 e. The van der Waals surface area contributed by atoms with Gasteiger partial charge in [-0.2, -0.15) is 11.8 Å². The summed E-state index contributed by atoms with van der Waals surface area (Å²) in [5, 5.41) is 8.66. The third kappa shape index (κ3) is 11.3. The van der Waals surface area contributed by atoms with Crippen LogP contribution in [-0.2, 0) is 0 Å². The van der Waals surface area contributed by atoms with Crippen molar-refractivity contribution in [3.8, 4) is 0 Å². The second-order valence-corrected chi connectivity index (χ2v) is 18.5. The molecule has 4 fully saturated rings. The van der Waals surface area contributed by atoms with Crippen LogP contribution in [-0.4, -0.2) is 61.2 Å². The molecule has 4 nitrogen and oxygen atoms in total. The average molecular weight is 725 g/mol. The number of benzene rings is 2. The average Bonchev–Trinajstić information content (AvgIpc) is 3.40. The van der Waals surface area contributed by atoms with Crippen LogP contribution in [0.3, 0.4) is 0 Å². The maximum atomic E-state index is 5.34. The molecule has 5 heteroatoms. The van der Waals surface area contributed by atoms with Gasteiger partial charge in [-0.15, -0.1) is 0 Å². The van der Waals surface area contributed by atoms with Gasteiger partial charge in [0.05, 0.1) is 18.0 Å². The monoisotopic (exact) mass is 725 g/mol. The van der Waals surface area contributed by atoms with Crippen molar-refractivity contribution in [3.05, 3.63) is 71.8 Å². The van der Waals surface area contributed by atoms with Crippen LogP contribution in [0.4, 0.5) is 0 Å². The number of nitrogens with one attached hydrogen (secondary N) is 2. The third-order valence-corrected chi connectivity index (χ3v) is 15.3. The number of hydrogen-bond acceptors (Lipinski definition) is 5. The van der Waals surface area contributed by atoms with Crippen LogP contribution in [0.15, 0.2) is 70.6 Å². The first-order valence-electron chi connectivity index (χ1n) is 21.8. The second-order valence-electron chi connectivity index (χ2n) is 17.2. The zero-order chi connectivity index (χ0) is 36.0. The number of thioether (sulfide) groups is 1.